The van der Waals surface area contributed by atoms with Crippen LogP contribution in [0.4, 0.5) is 0 Å². The summed E-state index contributed by atoms with van der Waals surface area (Å²) < 4.78 is 0. The van der Waals surface area contributed by atoms with E-state index in [0.717, 1.165) is 6.42 Å². The average molecular weight is 495 g/mol. The zero-order valence-electron chi connectivity index (χ0n) is 21.6. The van der Waals surface area contributed by atoms with E-state index in [1.807, 2.05) is 0 Å². The van der Waals surface area contributed by atoms with Gasteiger partial charge in [-0.05, 0) is 88.6 Å². The van der Waals surface area contributed by atoms with E-state index in [9.17, 15) is 0 Å². The van der Waals surface area contributed by atoms with Gasteiger partial charge in [0.05, 0.1) is 0 Å². The summed E-state index contributed by atoms with van der Waals surface area (Å²) in [5.41, 5.74) is 5.13. The highest BCUT2D eigenvalue weighted by molar-refractivity contribution is 6.23. The van der Waals surface area contributed by atoms with Crippen LogP contribution in [-0.2, 0) is 0 Å². The Morgan fingerprint density at radius 2 is 1.00 bits per heavy atom. The molecule has 0 aromatic heterocycles. The molecule has 0 bridgehead atoms. The summed E-state index contributed by atoms with van der Waals surface area (Å²) in [5, 5.41) is 12.9. The fraction of sp³-hybridized carbons (Fsp3) is 0.0256. The van der Waals surface area contributed by atoms with Crippen LogP contribution in [0.3, 0.4) is 0 Å². The first kappa shape index (κ1) is 22.1. The Kier molecular flexibility index (Phi) is 5.00. The number of hydrogen-bond donors (Lipinski definition) is 0. The van der Waals surface area contributed by atoms with Crippen LogP contribution in [0.5, 0.6) is 0 Å². The van der Waals surface area contributed by atoms with Gasteiger partial charge in [0.15, 0.2) is 0 Å². The van der Waals surface area contributed by atoms with Gasteiger partial charge >= 0.3 is 0 Å². The Morgan fingerprint density at radius 3 is 1.72 bits per heavy atom. The standard InChI is InChI=1S/C39H26/c1-2-4-13-28(12-3-1)38-32-15-7-9-17-34(32)39(35-18-10-8-16-33(35)38)30-24-21-27-20-23-29-22-19-26-11-5-6-14-31(26)37(29)36(27)25-30/h1,3-25H,2H2. The summed E-state index contributed by atoms with van der Waals surface area (Å²) in [4.78, 5) is 0. The van der Waals surface area contributed by atoms with Crippen molar-refractivity contribution in [3.05, 3.63) is 151 Å². The lowest BCUT2D eigenvalue weighted by atomic mass is 9.85. The third kappa shape index (κ3) is 3.46. The van der Waals surface area contributed by atoms with Gasteiger partial charge in [-0.25, -0.2) is 0 Å². The summed E-state index contributed by atoms with van der Waals surface area (Å²) in [6.07, 6.45) is 12.2. The van der Waals surface area contributed by atoms with Crippen molar-refractivity contribution in [2.24, 2.45) is 0 Å². The van der Waals surface area contributed by atoms with E-state index < -0.39 is 0 Å². The van der Waals surface area contributed by atoms with Crippen molar-refractivity contribution in [2.75, 3.05) is 0 Å². The highest BCUT2D eigenvalue weighted by atomic mass is 14.2. The average Bonchev–Trinajstić information content (AvgIpc) is 3.28. The van der Waals surface area contributed by atoms with Gasteiger partial charge in [0.25, 0.3) is 0 Å². The van der Waals surface area contributed by atoms with Gasteiger partial charge in [-0.15, -0.1) is 0 Å². The molecule has 7 aromatic rings. The molecule has 0 unspecified atom stereocenters. The quantitative estimate of drug-likeness (QED) is 0.166. The second kappa shape index (κ2) is 8.82. The Bertz CT molecular complexity index is 2120. The van der Waals surface area contributed by atoms with Crippen LogP contribution in [0.1, 0.15) is 12.0 Å². The number of benzene rings is 7. The zero-order valence-corrected chi connectivity index (χ0v) is 21.6. The molecule has 0 heteroatoms. The molecule has 0 saturated heterocycles. The minimum absolute atomic E-state index is 0.966. The smallest absolute Gasteiger partial charge is 0.00261 e. The van der Waals surface area contributed by atoms with Gasteiger partial charge in [-0.2, -0.15) is 0 Å². The van der Waals surface area contributed by atoms with Gasteiger partial charge in [-0.1, -0.05) is 140 Å². The van der Waals surface area contributed by atoms with E-state index in [1.165, 1.54) is 76.1 Å². The van der Waals surface area contributed by atoms with E-state index >= 15 is 0 Å². The second-order valence-electron chi connectivity index (χ2n) is 10.4. The Labute approximate surface area is 227 Å². The van der Waals surface area contributed by atoms with E-state index in [1.54, 1.807) is 0 Å². The Morgan fingerprint density at radius 1 is 0.436 bits per heavy atom. The topological polar surface area (TPSA) is 0 Å². The van der Waals surface area contributed by atoms with Crippen molar-refractivity contribution in [1.29, 1.82) is 0 Å². The first-order chi connectivity index (χ1) is 19.4. The number of allylic oxidation sites excluding steroid dienone is 6. The van der Waals surface area contributed by atoms with Crippen molar-refractivity contribution in [3.63, 3.8) is 0 Å². The molecule has 8 rings (SSSR count). The monoisotopic (exact) mass is 494 g/mol. The maximum absolute atomic E-state index is 2.42. The fourth-order valence-electron chi connectivity index (χ4n) is 6.48. The van der Waals surface area contributed by atoms with Crippen LogP contribution < -0.4 is 0 Å². The molecule has 7 aromatic carbocycles. The lowest BCUT2D eigenvalue weighted by Crippen LogP contribution is -1.93. The lowest BCUT2D eigenvalue weighted by Gasteiger charge is -2.18. The van der Waals surface area contributed by atoms with Crippen LogP contribution in [0, 0.1) is 0 Å². The van der Waals surface area contributed by atoms with E-state index in [2.05, 4.69) is 146 Å². The summed E-state index contributed by atoms with van der Waals surface area (Å²) in [5.74, 6) is 0. The highest BCUT2D eigenvalue weighted by Crippen LogP contribution is 2.43. The van der Waals surface area contributed by atoms with Crippen molar-refractivity contribution >= 4 is 59.4 Å². The molecule has 0 fully saturated rings. The van der Waals surface area contributed by atoms with Crippen molar-refractivity contribution in [1.82, 2.24) is 0 Å². The third-order valence-electron chi connectivity index (χ3n) is 8.22. The van der Waals surface area contributed by atoms with Gasteiger partial charge in [0.2, 0.25) is 0 Å². The molecule has 0 radical (unpaired) electrons. The minimum atomic E-state index is 0.966. The van der Waals surface area contributed by atoms with E-state index in [-0.39, 0.29) is 0 Å². The zero-order chi connectivity index (χ0) is 25.8. The number of hydrogen-bond acceptors (Lipinski definition) is 0. The maximum atomic E-state index is 2.42. The molecule has 1 aliphatic rings. The predicted molar refractivity (Wildman–Crippen MR) is 170 cm³/mol. The molecule has 0 nitrogen and oxygen atoms in total. The first-order valence-electron chi connectivity index (χ1n) is 13.7. The van der Waals surface area contributed by atoms with Crippen molar-refractivity contribution < 1.29 is 0 Å². The lowest BCUT2D eigenvalue weighted by molar-refractivity contribution is 1.41. The van der Waals surface area contributed by atoms with E-state index in [4.69, 9.17) is 0 Å². The molecular weight excluding hydrogens is 468 g/mol. The molecule has 0 heterocycles. The molecule has 0 saturated carbocycles. The second-order valence-corrected chi connectivity index (χ2v) is 10.4. The SMILES string of the molecule is C1=CCC=CC(c2c3ccccc3c(-c3ccc4ccc5ccc6ccccc6c5c4c3)c3ccccc23)=C1. The molecule has 0 spiro atoms. The largest absolute Gasteiger partial charge is 0.0807 e. The number of rotatable bonds is 2. The number of fused-ring (bicyclic) bond motifs is 7. The molecule has 0 aliphatic heterocycles. The van der Waals surface area contributed by atoms with Gasteiger partial charge < -0.3 is 0 Å². The Hall–Kier alpha value is -4.94. The van der Waals surface area contributed by atoms with Crippen LogP contribution in [0.2, 0.25) is 0 Å². The summed E-state index contributed by atoms with van der Waals surface area (Å²) in [6.45, 7) is 0. The molecular formula is C39H26. The summed E-state index contributed by atoms with van der Waals surface area (Å²) in [7, 11) is 0. The van der Waals surface area contributed by atoms with Crippen LogP contribution in [0.25, 0.3) is 70.6 Å². The molecule has 39 heavy (non-hydrogen) atoms. The van der Waals surface area contributed by atoms with Crippen LogP contribution in [-0.4, -0.2) is 0 Å². The molecule has 1 aliphatic carbocycles. The summed E-state index contributed by atoms with van der Waals surface area (Å²) >= 11 is 0. The van der Waals surface area contributed by atoms with Crippen molar-refractivity contribution in [3.8, 4) is 11.1 Å². The Balaban J connectivity index is 1.51. The van der Waals surface area contributed by atoms with Crippen LogP contribution >= 0.6 is 0 Å². The maximum Gasteiger partial charge on any atom is -0.00261 e. The van der Waals surface area contributed by atoms with E-state index in [0.29, 0.717) is 0 Å². The minimum Gasteiger partial charge on any atom is -0.0807 e. The normalized spacial score (nSPS) is 13.5. The first-order valence-corrected chi connectivity index (χ1v) is 13.7. The molecule has 182 valence electrons. The fourth-order valence-corrected chi connectivity index (χ4v) is 6.48. The van der Waals surface area contributed by atoms with Gasteiger partial charge in [-0.3, -0.25) is 0 Å². The molecule has 0 amide bonds. The van der Waals surface area contributed by atoms with Crippen molar-refractivity contribution in [2.45, 2.75) is 6.42 Å². The van der Waals surface area contributed by atoms with Gasteiger partial charge in [0.1, 0.15) is 0 Å². The molecule has 0 N–H and O–H groups in total. The highest BCUT2D eigenvalue weighted by Gasteiger charge is 2.17. The summed E-state index contributed by atoms with van der Waals surface area (Å²) in [6, 6.07) is 42.6. The third-order valence-corrected chi connectivity index (χ3v) is 8.22. The van der Waals surface area contributed by atoms with Crippen LogP contribution in [0.15, 0.2) is 146 Å². The molecule has 0 atom stereocenters. The predicted octanol–water partition coefficient (Wildman–Crippen LogP) is 11.0. The van der Waals surface area contributed by atoms with Gasteiger partial charge in [0, 0.05) is 0 Å².